The Kier molecular flexibility index (Phi) is 5.56. The number of nitrogens with zero attached hydrogens (tertiary/aromatic N) is 1. The fraction of sp³-hybridized carbons (Fsp3) is 0.333. The van der Waals surface area contributed by atoms with Crippen molar-refractivity contribution < 1.29 is 14.3 Å². The van der Waals surface area contributed by atoms with Crippen molar-refractivity contribution in [1.82, 2.24) is 0 Å². The second kappa shape index (κ2) is 8.04. The maximum Gasteiger partial charge on any atom is 0.265 e. The Morgan fingerprint density at radius 1 is 1.19 bits per heavy atom. The number of carbonyl (C=O) groups is 2. The molecule has 136 valence electrons. The number of nitrogens with one attached hydrogen (secondary N) is 1. The summed E-state index contributed by atoms with van der Waals surface area (Å²) in [5, 5.41) is 2.92. The minimum atomic E-state index is -0.163. The molecule has 2 aromatic rings. The van der Waals surface area contributed by atoms with Crippen LogP contribution < -0.4 is 15.0 Å². The Balaban J connectivity index is 1.81. The van der Waals surface area contributed by atoms with Gasteiger partial charge in [-0.3, -0.25) is 9.59 Å². The fourth-order valence-electron chi connectivity index (χ4n) is 3.07. The van der Waals surface area contributed by atoms with Crippen LogP contribution in [-0.2, 0) is 4.79 Å². The third-order valence-corrected chi connectivity index (χ3v) is 4.53. The molecule has 0 aromatic heterocycles. The lowest BCUT2D eigenvalue weighted by Gasteiger charge is -2.30. The topological polar surface area (TPSA) is 58.6 Å². The van der Waals surface area contributed by atoms with E-state index in [1.165, 1.54) is 0 Å². The molecule has 0 saturated carbocycles. The summed E-state index contributed by atoms with van der Waals surface area (Å²) < 4.78 is 5.53. The summed E-state index contributed by atoms with van der Waals surface area (Å²) in [6.45, 7) is 4.77. The van der Waals surface area contributed by atoms with Gasteiger partial charge in [0.2, 0.25) is 0 Å². The number of amides is 2. The first kappa shape index (κ1) is 18.0. The number of anilines is 2. The van der Waals surface area contributed by atoms with Gasteiger partial charge in [-0.2, -0.15) is 0 Å². The predicted octanol–water partition coefficient (Wildman–Crippen LogP) is 4.16. The number of unbranched alkanes of at least 4 members (excludes halogenated alkanes) is 2. The summed E-state index contributed by atoms with van der Waals surface area (Å²) in [6.07, 6.45) is 3.11. The number of carbonyl (C=O) groups excluding carboxylic acids is 2. The van der Waals surface area contributed by atoms with E-state index in [2.05, 4.69) is 12.2 Å². The molecule has 2 amide bonds. The van der Waals surface area contributed by atoms with Gasteiger partial charge in [0.25, 0.3) is 11.8 Å². The van der Waals surface area contributed by atoms with Crippen LogP contribution in [0.4, 0.5) is 11.4 Å². The molecule has 0 aliphatic carbocycles. The molecule has 1 aliphatic rings. The standard InChI is InChI=1S/C21H24N2O3/c1-3-4-7-12-23-18-13-16(10-11-19(18)26-14-20(23)24)22-21(25)17-9-6-5-8-15(17)2/h5-6,8-11,13H,3-4,7,12,14H2,1-2H3,(H,22,25). The number of ether oxygens (including phenoxy) is 1. The number of benzene rings is 2. The lowest BCUT2D eigenvalue weighted by Crippen LogP contribution is -2.39. The smallest absolute Gasteiger partial charge is 0.265 e. The molecule has 0 saturated heterocycles. The van der Waals surface area contributed by atoms with Gasteiger partial charge in [-0.15, -0.1) is 0 Å². The molecule has 0 unspecified atom stereocenters. The van der Waals surface area contributed by atoms with Gasteiger partial charge in [0.15, 0.2) is 6.61 Å². The van der Waals surface area contributed by atoms with E-state index in [0.717, 1.165) is 30.5 Å². The van der Waals surface area contributed by atoms with Gasteiger partial charge >= 0.3 is 0 Å². The molecule has 1 heterocycles. The number of hydrogen-bond donors (Lipinski definition) is 1. The molecule has 3 rings (SSSR count). The second-order valence-electron chi connectivity index (χ2n) is 6.49. The summed E-state index contributed by atoms with van der Waals surface area (Å²) in [6, 6.07) is 12.9. The van der Waals surface area contributed by atoms with Gasteiger partial charge in [0.1, 0.15) is 5.75 Å². The highest BCUT2D eigenvalue weighted by Crippen LogP contribution is 2.35. The van der Waals surface area contributed by atoms with Gasteiger partial charge in [-0.25, -0.2) is 0 Å². The van der Waals surface area contributed by atoms with E-state index in [-0.39, 0.29) is 18.4 Å². The zero-order chi connectivity index (χ0) is 18.5. The van der Waals surface area contributed by atoms with Crippen LogP contribution in [0, 0.1) is 6.92 Å². The van der Waals surface area contributed by atoms with Crippen LogP contribution in [0.3, 0.4) is 0 Å². The summed E-state index contributed by atoms with van der Waals surface area (Å²) in [4.78, 5) is 26.6. The van der Waals surface area contributed by atoms with Gasteiger partial charge in [-0.05, 0) is 43.2 Å². The molecule has 26 heavy (non-hydrogen) atoms. The monoisotopic (exact) mass is 352 g/mol. The van der Waals surface area contributed by atoms with E-state index < -0.39 is 0 Å². The SMILES string of the molecule is CCCCCN1C(=O)COc2ccc(NC(=O)c3ccccc3C)cc21. The van der Waals surface area contributed by atoms with Crippen LogP contribution >= 0.6 is 0 Å². The van der Waals surface area contributed by atoms with Crippen LogP contribution in [0.25, 0.3) is 0 Å². The summed E-state index contributed by atoms with van der Waals surface area (Å²) in [5.41, 5.74) is 2.93. The number of aryl methyl sites for hydroxylation is 1. The van der Waals surface area contributed by atoms with Crippen molar-refractivity contribution in [3.8, 4) is 5.75 Å². The molecule has 0 atom stereocenters. The lowest BCUT2D eigenvalue weighted by atomic mass is 10.1. The molecular weight excluding hydrogens is 328 g/mol. The van der Waals surface area contributed by atoms with Crippen molar-refractivity contribution in [2.24, 2.45) is 0 Å². The zero-order valence-corrected chi connectivity index (χ0v) is 15.2. The lowest BCUT2D eigenvalue weighted by molar-refractivity contribution is -0.121. The number of hydrogen-bond acceptors (Lipinski definition) is 3. The summed E-state index contributed by atoms with van der Waals surface area (Å²) in [5.74, 6) is 0.467. The van der Waals surface area contributed by atoms with Crippen LogP contribution in [0.15, 0.2) is 42.5 Å². The molecule has 2 aromatic carbocycles. The molecule has 0 radical (unpaired) electrons. The number of rotatable bonds is 6. The van der Waals surface area contributed by atoms with Crippen LogP contribution in [0.5, 0.6) is 5.75 Å². The molecule has 0 bridgehead atoms. The highest BCUT2D eigenvalue weighted by molar-refractivity contribution is 6.06. The van der Waals surface area contributed by atoms with Crippen LogP contribution in [-0.4, -0.2) is 25.0 Å². The van der Waals surface area contributed by atoms with E-state index in [0.29, 0.717) is 23.5 Å². The largest absolute Gasteiger partial charge is 0.482 e. The Labute approximate surface area is 154 Å². The Hall–Kier alpha value is -2.82. The molecular formula is C21H24N2O3. The van der Waals surface area contributed by atoms with E-state index in [9.17, 15) is 9.59 Å². The average Bonchev–Trinajstić information content (AvgIpc) is 2.64. The average molecular weight is 352 g/mol. The van der Waals surface area contributed by atoms with Crippen molar-refractivity contribution in [1.29, 1.82) is 0 Å². The highest BCUT2D eigenvalue weighted by atomic mass is 16.5. The predicted molar refractivity (Wildman–Crippen MR) is 103 cm³/mol. The first-order valence-corrected chi connectivity index (χ1v) is 9.04. The van der Waals surface area contributed by atoms with E-state index >= 15 is 0 Å². The maximum atomic E-state index is 12.5. The minimum absolute atomic E-state index is 0.0454. The van der Waals surface area contributed by atoms with Crippen LogP contribution in [0.1, 0.15) is 42.1 Å². The Bertz CT molecular complexity index is 817. The van der Waals surface area contributed by atoms with Crippen molar-refractivity contribution in [3.63, 3.8) is 0 Å². The Morgan fingerprint density at radius 2 is 2.00 bits per heavy atom. The van der Waals surface area contributed by atoms with E-state index in [4.69, 9.17) is 4.74 Å². The van der Waals surface area contributed by atoms with E-state index in [1.807, 2.05) is 37.3 Å². The van der Waals surface area contributed by atoms with E-state index in [1.54, 1.807) is 17.0 Å². The molecule has 1 aliphatic heterocycles. The van der Waals surface area contributed by atoms with Gasteiger partial charge in [0.05, 0.1) is 5.69 Å². The highest BCUT2D eigenvalue weighted by Gasteiger charge is 2.25. The summed E-state index contributed by atoms with van der Waals surface area (Å²) in [7, 11) is 0. The zero-order valence-electron chi connectivity index (χ0n) is 15.2. The molecule has 0 fully saturated rings. The molecule has 1 N–H and O–H groups in total. The fourth-order valence-corrected chi connectivity index (χ4v) is 3.07. The second-order valence-corrected chi connectivity index (χ2v) is 6.49. The first-order valence-electron chi connectivity index (χ1n) is 9.04. The maximum absolute atomic E-state index is 12.5. The quantitative estimate of drug-likeness (QED) is 0.794. The molecule has 0 spiro atoms. The van der Waals surface area contributed by atoms with Crippen molar-refractivity contribution in [2.45, 2.75) is 33.1 Å². The van der Waals surface area contributed by atoms with Crippen LogP contribution in [0.2, 0.25) is 0 Å². The minimum Gasteiger partial charge on any atom is -0.482 e. The normalized spacial score (nSPS) is 13.2. The van der Waals surface area contributed by atoms with Crippen molar-refractivity contribution >= 4 is 23.2 Å². The van der Waals surface area contributed by atoms with Gasteiger partial charge in [0, 0.05) is 17.8 Å². The first-order chi connectivity index (χ1) is 12.6. The van der Waals surface area contributed by atoms with Gasteiger partial charge < -0.3 is 15.0 Å². The third kappa shape index (κ3) is 3.87. The molecule has 5 nitrogen and oxygen atoms in total. The Morgan fingerprint density at radius 3 is 2.77 bits per heavy atom. The number of fused-ring (bicyclic) bond motifs is 1. The third-order valence-electron chi connectivity index (χ3n) is 4.53. The summed E-state index contributed by atoms with van der Waals surface area (Å²) >= 11 is 0. The van der Waals surface area contributed by atoms with Gasteiger partial charge in [-0.1, -0.05) is 38.0 Å². The molecule has 5 heteroatoms. The van der Waals surface area contributed by atoms with Crippen molar-refractivity contribution in [3.05, 3.63) is 53.6 Å². The van der Waals surface area contributed by atoms with Crippen molar-refractivity contribution in [2.75, 3.05) is 23.4 Å².